The maximum atomic E-state index is 11.0. The summed E-state index contributed by atoms with van der Waals surface area (Å²) in [5, 5.41) is 0. The van der Waals surface area contributed by atoms with Crippen molar-refractivity contribution in [1.29, 1.82) is 0 Å². The van der Waals surface area contributed by atoms with Gasteiger partial charge in [-0.3, -0.25) is 0 Å². The number of nitrogens with two attached hydrogens (primary N) is 2. The Hall–Kier alpha value is -1.26. The molecule has 0 bridgehead atoms. The van der Waals surface area contributed by atoms with Crippen molar-refractivity contribution < 1.29 is 9.53 Å². The largest absolute Gasteiger partial charge is 0.445 e. The van der Waals surface area contributed by atoms with Gasteiger partial charge in [0, 0.05) is 0 Å². The van der Waals surface area contributed by atoms with Gasteiger partial charge in [-0.15, -0.1) is 4.99 Å². The second kappa shape index (κ2) is 4.69. The zero-order chi connectivity index (χ0) is 9.68. The van der Waals surface area contributed by atoms with Crippen molar-refractivity contribution >= 4 is 12.1 Å². The van der Waals surface area contributed by atoms with Crippen molar-refractivity contribution in [2.45, 2.75) is 38.2 Å². The molecule has 0 saturated heterocycles. The van der Waals surface area contributed by atoms with E-state index in [1.165, 1.54) is 6.42 Å². The summed E-state index contributed by atoms with van der Waals surface area (Å²) in [4.78, 5) is 14.2. The summed E-state index contributed by atoms with van der Waals surface area (Å²) < 4.78 is 5.02. The number of carbonyl (C=O) groups is 1. The van der Waals surface area contributed by atoms with Crippen LogP contribution in [0.2, 0.25) is 0 Å². The number of ether oxygens (including phenoxy) is 1. The van der Waals surface area contributed by atoms with Gasteiger partial charge in [0.05, 0.1) is 0 Å². The molecule has 0 aromatic carbocycles. The minimum Gasteiger partial charge on any atom is -0.445 e. The summed E-state index contributed by atoms with van der Waals surface area (Å²) >= 11 is 0. The van der Waals surface area contributed by atoms with E-state index in [4.69, 9.17) is 16.2 Å². The minimum absolute atomic E-state index is 0.00403. The molecule has 0 spiro atoms. The molecule has 13 heavy (non-hydrogen) atoms. The van der Waals surface area contributed by atoms with Gasteiger partial charge in [-0.25, -0.2) is 4.79 Å². The Bertz CT molecular complexity index is 205. The maximum Gasteiger partial charge on any atom is 0.437 e. The highest BCUT2D eigenvalue weighted by atomic mass is 16.6. The fourth-order valence-corrected chi connectivity index (χ4v) is 1.46. The lowest BCUT2D eigenvalue weighted by Crippen LogP contribution is -2.26. The Kier molecular flexibility index (Phi) is 3.54. The summed E-state index contributed by atoms with van der Waals surface area (Å²) in [7, 11) is 0. The Morgan fingerprint density at radius 2 is 1.85 bits per heavy atom. The summed E-state index contributed by atoms with van der Waals surface area (Å²) in [6.45, 7) is 0. The molecule has 1 aliphatic carbocycles. The van der Waals surface area contributed by atoms with Gasteiger partial charge in [-0.1, -0.05) is 6.42 Å². The number of hydrogen-bond donors (Lipinski definition) is 2. The molecule has 5 heteroatoms. The standard InChI is InChI=1S/C8H15N3O2/c9-7(10)11-8(12)13-6-4-2-1-3-5-6/h6H,1-5H2,(H4,9,10,11,12). The molecule has 4 N–H and O–H groups in total. The number of carbonyl (C=O) groups excluding carboxylic acids is 1. The number of guanidine groups is 1. The van der Waals surface area contributed by atoms with Gasteiger partial charge in [-0.05, 0) is 25.7 Å². The van der Waals surface area contributed by atoms with Crippen LogP contribution in [0, 0.1) is 0 Å². The van der Waals surface area contributed by atoms with E-state index in [1.54, 1.807) is 0 Å². The van der Waals surface area contributed by atoms with Crippen molar-refractivity contribution in [3.05, 3.63) is 0 Å². The molecule has 0 heterocycles. The first-order valence-electron chi connectivity index (χ1n) is 4.49. The molecule has 0 aromatic rings. The molecular formula is C8H15N3O2. The molecular weight excluding hydrogens is 170 g/mol. The quantitative estimate of drug-likeness (QED) is 0.465. The molecule has 1 amide bonds. The Morgan fingerprint density at radius 3 is 2.38 bits per heavy atom. The predicted molar refractivity (Wildman–Crippen MR) is 49.2 cm³/mol. The molecule has 1 saturated carbocycles. The SMILES string of the molecule is NC(N)=NC(=O)OC1CCCCC1. The number of aliphatic imine (C=N–C) groups is 1. The van der Waals surface area contributed by atoms with E-state index in [9.17, 15) is 4.79 Å². The molecule has 0 aliphatic heterocycles. The minimum atomic E-state index is -0.674. The lowest BCUT2D eigenvalue weighted by Gasteiger charge is -2.20. The highest BCUT2D eigenvalue weighted by Crippen LogP contribution is 2.20. The molecule has 0 aromatic heterocycles. The van der Waals surface area contributed by atoms with Crippen LogP contribution in [-0.2, 0) is 4.74 Å². The number of hydrogen-bond acceptors (Lipinski definition) is 2. The normalized spacial score (nSPS) is 17.8. The van der Waals surface area contributed by atoms with Crippen molar-refractivity contribution in [2.24, 2.45) is 16.5 Å². The van der Waals surface area contributed by atoms with E-state index in [2.05, 4.69) is 4.99 Å². The third-order valence-electron chi connectivity index (χ3n) is 2.04. The van der Waals surface area contributed by atoms with Gasteiger partial charge in [0.25, 0.3) is 0 Å². The number of amides is 1. The highest BCUT2D eigenvalue weighted by molar-refractivity contribution is 5.87. The smallest absolute Gasteiger partial charge is 0.437 e. The van der Waals surface area contributed by atoms with Gasteiger partial charge >= 0.3 is 6.09 Å². The monoisotopic (exact) mass is 185 g/mol. The van der Waals surface area contributed by atoms with E-state index < -0.39 is 6.09 Å². The van der Waals surface area contributed by atoms with E-state index in [1.807, 2.05) is 0 Å². The van der Waals surface area contributed by atoms with Gasteiger partial charge in [0.2, 0.25) is 0 Å². The second-order valence-electron chi connectivity index (χ2n) is 3.18. The van der Waals surface area contributed by atoms with Gasteiger partial charge in [0.15, 0.2) is 5.96 Å². The number of rotatable bonds is 1. The van der Waals surface area contributed by atoms with Gasteiger partial charge in [0.1, 0.15) is 6.10 Å². The first kappa shape index (κ1) is 9.83. The van der Waals surface area contributed by atoms with E-state index in [0.29, 0.717) is 0 Å². The molecule has 1 aliphatic rings. The van der Waals surface area contributed by atoms with Crippen molar-refractivity contribution in [1.82, 2.24) is 0 Å². The maximum absolute atomic E-state index is 11.0. The zero-order valence-electron chi connectivity index (χ0n) is 7.53. The first-order chi connectivity index (χ1) is 6.18. The van der Waals surface area contributed by atoms with Crippen LogP contribution < -0.4 is 11.5 Å². The molecule has 1 fully saturated rings. The van der Waals surface area contributed by atoms with Gasteiger partial charge in [-0.2, -0.15) is 0 Å². The lowest BCUT2D eigenvalue weighted by atomic mass is 9.98. The van der Waals surface area contributed by atoms with Crippen LogP contribution in [-0.4, -0.2) is 18.2 Å². The summed E-state index contributed by atoms with van der Waals surface area (Å²) in [5.74, 6) is -0.249. The van der Waals surface area contributed by atoms with E-state index >= 15 is 0 Å². The van der Waals surface area contributed by atoms with Crippen molar-refractivity contribution in [3.63, 3.8) is 0 Å². The molecule has 74 valence electrons. The second-order valence-corrected chi connectivity index (χ2v) is 3.18. The van der Waals surface area contributed by atoms with E-state index in [-0.39, 0.29) is 12.1 Å². The highest BCUT2D eigenvalue weighted by Gasteiger charge is 2.17. The van der Waals surface area contributed by atoms with Crippen LogP contribution >= 0.6 is 0 Å². The van der Waals surface area contributed by atoms with Crippen LogP contribution in [0.1, 0.15) is 32.1 Å². The van der Waals surface area contributed by atoms with Crippen LogP contribution in [0.3, 0.4) is 0 Å². The average molecular weight is 185 g/mol. The van der Waals surface area contributed by atoms with Gasteiger partial charge < -0.3 is 16.2 Å². The average Bonchev–Trinajstić information content (AvgIpc) is 2.04. The Balaban J connectivity index is 2.30. The topological polar surface area (TPSA) is 90.7 Å². The van der Waals surface area contributed by atoms with Crippen molar-refractivity contribution in [3.8, 4) is 0 Å². The Morgan fingerprint density at radius 1 is 1.23 bits per heavy atom. The molecule has 0 radical (unpaired) electrons. The predicted octanol–water partition coefficient (Wildman–Crippen LogP) is 0.729. The molecule has 0 unspecified atom stereocenters. The third-order valence-corrected chi connectivity index (χ3v) is 2.04. The van der Waals surface area contributed by atoms with Crippen LogP contribution in [0.15, 0.2) is 4.99 Å². The summed E-state index contributed by atoms with van der Waals surface area (Å²) in [6, 6.07) is 0. The first-order valence-corrected chi connectivity index (χ1v) is 4.49. The van der Waals surface area contributed by atoms with Crippen LogP contribution in [0.5, 0.6) is 0 Å². The number of nitrogens with zero attached hydrogens (tertiary/aromatic N) is 1. The fourth-order valence-electron chi connectivity index (χ4n) is 1.46. The lowest BCUT2D eigenvalue weighted by molar-refractivity contribution is 0.0833. The van der Waals surface area contributed by atoms with Crippen molar-refractivity contribution in [2.75, 3.05) is 0 Å². The zero-order valence-corrected chi connectivity index (χ0v) is 7.53. The van der Waals surface area contributed by atoms with Crippen LogP contribution in [0.4, 0.5) is 4.79 Å². The summed E-state index contributed by atoms with van der Waals surface area (Å²) in [6.07, 6.45) is 4.61. The Labute approximate surface area is 77.1 Å². The molecule has 0 atom stereocenters. The summed E-state index contributed by atoms with van der Waals surface area (Å²) in [5.41, 5.74) is 10.1. The molecule has 5 nitrogen and oxygen atoms in total. The van der Waals surface area contributed by atoms with E-state index in [0.717, 1.165) is 25.7 Å². The fraction of sp³-hybridized carbons (Fsp3) is 0.750. The molecule has 1 rings (SSSR count). The third kappa shape index (κ3) is 3.78. The van der Waals surface area contributed by atoms with Crippen LogP contribution in [0.25, 0.3) is 0 Å².